The molecule has 5 heteroatoms. The molecule has 1 aliphatic carbocycles. The van der Waals surface area contributed by atoms with Gasteiger partial charge in [0, 0.05) is 13.1 Å². The summed E-state index contributed by atoms with van der Waals surface area (Å²) in [6, 6.07) is -0.371. The largest absolute Gasteiger partial charge is 0.338 e. The van der Waals surface area contributed by atoms with E-state index >= 15 is 0 Å². The predicted octanol–water partition coefficient (Wildman–Crippen LogP) is 1.73. The molecule has 1 heterocycles. The average molecular weight is 281 g/mol. The Morgan fingerprint density at radius 2 is 1.90 bits per heavy atom. The van der Waals surface area contributed by atoms with E-state index in [0.717, 1.165) is 31.3 Å². The number of nitrogens with zero attached hydrogens (tertiary/aromatic N) is 1. The molecule has 1 aliphatic heterocycles. The van der Waals surface area contributed by atoms with Gasteiger partial charge in [0.05, 0.1) is 6.54 Å². The van der Waals surface area contributed by atoms with Crippen LogP contribution in [0.4, 0.5) is 4.79 Å². The van der Waals surface area contributed by atoms with Gasteiger partial charge in [0.15, 0.2) is 0 Å². The first-order chi connectivity index (χ1) is 9.69. The number of piperidine rings is 1. The van der Waals surface area contributed by atoms with Crippen LogP contribution in [0.5, 0.6) is 0 Å². The Morgan fingerprint density at radius 1 is 1.15 bits per heavy atom. The Bertz CT molecular complexity index is 346. The highest BCUT2D eigenvalue weighted by molar-refractivity contribution is 5.95. The van der Waals surface area contributed by atoms with Crippen LogP contribution in [0.25, 0.3) is 0 Å². The number of fused-ring (bicyclic) bond motifs is 1. The molecule has 0 bridgehead atoms. The van der Waals surface area contributed by atoms with Crippen LogP contribution < -0.4 is 10.6 Å². The van der Waals surface area contributed by atoms with Crippen molar-refractivity contribution in [2.24, 2.45) is 11.8 Å². The summed E-state index contributed by atoms with van der Waals surface area (Å²) in [5.74, 6) is 1.45. The zero-order chi connectivity index (χ0) is 14.4. The normalized spacial score (nSPS) is 26.6. The van der Waals surface area contributed by atoms with Crippen molar-refractivity contribution in [2.45, 2.75) is 45.4 Å². The number of hydrogen-bond acceptors (Lipinski definition) is 3. The SMILES string of the molecule is CCCNC(=O)NC(=O)CN1CC[C@H]2CCCC[C@@H]2C1. The fraction of sp³-hybridized carbons (Fsp3) is 0.867. The number of hydrogen-bond donors (Lipinski definition) is 2. The van der Waals surface area contributed by atoms with E-state index in [9.17, 15) is 9.59 Å². The number of carbonyl (C=O) groups is 2. The maximum absolute atomic E-state index is 11.8. The van der Waals surface area contributed by atoms with Crippen molar-refractivity contribution in [3.8, 4) is 0 Å². The van der Waals surface area contributed by atoms with E-state index in [1.807, 2.05) is 6.92 Å². The summed E-state index contributed by atoms with van der Waals surface area (Å²) in [6.45, 7) is 4.95. The lowest BCUT2D eigenvalue weighted by molar-refractivity contribution is -0.121. The Labute approximate surface area is 121 Å². The molecule has 2 N–H and O–H groups in total. The summed E-state index contributed by atoms with van der Waals surface area (Å²) >= 11 is 0. The van der Waals surface area contributed by atoms with Gasteiger partial charge in [0.25, 0.3) is 0 Å². The summed E-state index contributed by atoms with van der Waals surface area (Å²) in [6.07, 6.45) is 7.46. The maximum Gasteiger partial charge on any atom is 0.321 e. The second kappa shape index (κ2) is 7.62. The van der Waals surface area contributed by atoms with E-state index in [-0.39, 0.29) is 11.9 Å². The Hall–Kier alpha value is -1.10. The predicted molar refractivity (Wildman–Crippen MR) is 78.3 cm³/mol. The number of rotatable bonds is 4. The molecule has 2 rings (SSSR count). The molecule has 0 spiro atoms. The summed E-state index contributed by atoms with van der Waals surface area (Å²) in [5.41, 5.74) is 0. The van der Waals surface area contributed by atoms with Gasteiger partial charge in [-0.05, 0) is 37.6 Å². The van der Waals surface area contributed by atoms with Gasteiger partial charge in [-0.15, -0.1) is 0 Å². The Morgan fingerprint density at radius 3 is 2.65 bits per heavy atom. The third-order valence-electron chi connectivity index (χ3n) is 4.53. The van der Waals surface area contributed by atoms with Crippen LogP contribution in [0.1, 0.15) is 45.4 Å². The number of imide groups is 1. The van der Waals surface area contributed by atoms with Crippen LogP contribution in [0.2, 0.25) is 0 Å². The van der Waals surface area contributed by atoms with E-state index < -0.39 is 0 Å². The molecule has 1 saturated heterocycles. The van der Waals surface area contributed by atoms with Gasteiger partial charge in [-0.2, -0.15) is 0 Å². The fourth-order valence-corrected chi connectivity index (χ4v) is 3.47. The maximum atomic E-state index is 11.8. The van der Waals surface area contributed by atoms with Crippen molar-refractivity contribution >= 4 is 11.9 Å². The van der Waals surface area contributed by atoms with Crippen molar-refractivity contribution in [1.82, 2.24) is 15.5 Å². The molecular weight excluding hydrogens is 254 g/mol. The van der Waals surface area contributed by atoms with E-state index in [2.05, 4.69) is 15.5 Å². The highest BCUT2D eigenvalue weighted by Crippen LogP contribution is 2.35. The van der Waals surface area contributed by atoms with Crippen LogP contribution in [-0.4, -0.2) is 43.0 Å². The first-order valence-electron chi connectivity index (χ1n) is 7.99. The summed E-state index contributed by atoms with van der Waals surface area (Å²) < 4.78 is 0. The van der Waals surface area contributed by atoms with Crippen molar-refractivity contribution in [2.75, 3.05) is 26.2 Å². The Kier molecular flexibility index (Phi) is 5.83. The standard InChI is InChI=1S/C15H27N3O2/c1-2-8-16-15(20)17-14(19)11-18-9-7-12-5-3-4-6-13(12)10-18/h12-13H,2-11H2,1H3,(H2,16,17,19,20)/t12-,13-/m1/s1. The molecule has 0 aromatic carbocycles. The average Bonchev–Trinajstić information content (AvgIpc) is 2.44. The summed E-state index contributed by atoms with van der Waals surface area (Å²) in [4.78, 5) is 25.5. The zero-order valence-electron chi connectivity index (χ0n) is 12.5. The molecule has 5 nitrogen and oxygen atoms in total. The molecule has 2 fully saturated rings. The first-order valence-corrected chi connectivity index (χ1v) is 7.99. The number of nitrogens with one attached hydrogen (secondary N) is 2. The lowest BCUT2D eigenvalue weighted by atomic mass is 9.75. The smallest absolute Gasteiger partial charge is 0.321 e. The van der Waals surface area contributed by atoms with Crippen LogP contribution in [0, 0.1) is 11.8 Å². The molecule has 3 amide bonds. The molecule has 1 saturated carbocycles. The van der Waals surface area contributed by atoms with Gasteiger partial charge in [-0.1, -0.05) is 26.2 Å². The van der Waals surface area contributed by atoms with Crippen molar-refractivity contribution < 1.29 is 9.59 Å². The molecular formula is C15H27N3O2. The number of carbonyl (C=O) groups excluding carboxylic acids is 2. The summed E-state index contributed by atoms with van der Waals surface area (Å²) in [7, 11) is 0. The molecule has 0 radical (unpaired) electrons. The van der Waals surface area contributed by atoms with Crippen molar-refractivity contribution in [1.29, 1.82) is 0 Å². The molecule has 20 heavy (non-hydrogen) atoms. The van der Waals surface area contributed by atoms with Gasteiger partial charge in [0.1, 0.15) is 0 Å². The van der Waals surface area contributed by atoms with Crippen LogP contribution in [0.15, 0.2) is 0 Å². The minimum Gasteiger partial charge on any atom is -0.338 e. The van der Waals surface area contributed by atoms with Gasteiger partial charge in [-0.25, -0.2) is 4.79 Å². The van der Waals surface area contributed by atoms with Gasteiger partial charge in [-0.3, -0.25) is 15.0 Å². The van der Waals surface area contributed by atoms with Crippen LogP contribution >= 0.6 is 0 Å². The minimum atomic E-state index is -0.371. The highest BCUT2D eigenvalue weighted by atomic mass is 16.2. The van der Waals surface area contributed by atoms with Gasteiger partial charge < -0.3 is 5.32 Å². The fourth-order valence-electron chi connectivity index (χ4n) is 3.47. The number of likely N-dealkylation sites (tertiary alicyclic amines) is 1. The molecule has 0 unspecified atom stereocenters. The molecule has 2 aliphatic rings. The van der Waals surface area contributed by atoms with E-state index in [4.69, 9.17) is 0 Å². The highest BCUT2D eigenvalue weighted by Gasteiger charge is 2.31. The van der Waals surface area contributed by atoms with Crippen molar-refractivity contribution in [3.05, 3.63) is 0 Å². The van der Waals surface area contributed by atoms with E-state index in [1.165, 1.54) is 32.1 Å². The molecule has 0 aromatic heterocycles. The quantitative estimate of drug-likeness (QED) is 0.825. The van der Waals surface area contributed by atoms with E-state index in [0.29, 0.717) is 13.1 Å². The second-order valence-electron chi connectivity index (χ2n) is 6.13. The number of amides is 3. The summed E-state index contributed by atoms with van der Waals surface area (Å²) in [5, 5.41) is 5.06. The third kappa shape index (κ3) is 4.47. The van der Waals surface area contributed by atoms with Gasteiger partial charge in [0.2, 0.25) is 5.91 Å². The molecule has 0 aromatic rings. The topological polar surface area (TPSA) is 61.4 Å². The zero-order valence-corrected chi connectivity index (χ0v) is 12.5. The lowest BCUT2D eigenvalue weighted by Crippen LogP contribution is -2.48. The monoisotopic (exact) mass is 281 g/mol. The van der Waals surface area contributed by atoms with Crippen molar-refractivity contribution in [3.63, 3.8) is 0 Å². The second-order valence-corrected chi connectivity index (χ2v) is 6.13. The lowest BCUT2D eigenvalue weighted by Gasteiger charge is -2.41. The minimum absolute atomic E-state index is 0.187. The first kappa shape index (κ1) is 15.3. The van der Waals surface area contributed by atoms with Crippen LogP contribution in [-0.2, 0) is 4.79 Å². The van der Waals surface area contributed by atoms with E-state index in [1.54, 1.807) is 0 Å². The van der Waals surface area contributed by atoms with Gasteiger partial charge >= 0.3 is 6.03 Å². The molecule has 114 valence electrons. The Balaban J connectivity index is 1.70. The molecule has 2 atom stereocenters. The third-order valence-corrected chi connectivity index (χ3v) is 4.53. The number of urea groups is 1. The van der Waals surface area contributed by atoms with Crippen LogP contribution in [0.3, 0.4) is 0 Å².